The van der Waals surface area contributed by atoms with E-state index in [9.17, 15) is 8.42 Å². The molecule has 20 heavy (non-hydrogen) atoms. The summed E-state index contributed by atoms with van der Waals surface area (Å²) >= 11 is 1.80. The molecule has 1 saturated carbocycles. The summed E-state index contributed by atoms with van der Waals surface area (Å²) in [7, 11) is -3.60. The number of sulfonamides is 1. The number of nitrogens with zero attached hydrogens (tertiary/aromatic N) is 1. The van der Waals surface area contributed by atoms with E-state index in [0.29, 0.717) is 5.25 Å². The third kappa shape index (κ3) is 3.63. The Balaban J connectivity index is 2.14. The van der Waals surface area contributed by atoms with Gasteiger partial charge in [-0.25, -0.2) is 24.0 Å². The standard InChI is InChI=1S/C12H20N4O2S2/c1-19-10-5-2-4-9(8-10)16-20(17,18)11-6-3-7-14-12(11)15-13/h3,6-7,9-10,16H,2,4-5,8,13H2,1H3,(H,14,15). The summed E-state index contributed by atoms with van der Waals surface area (Å²) in [5, 5.41) is 0.525. The van der Waals surface area contributed by atoms with Crippen LogP contribution in [0.15, 0.2) is 23.2 Å². The average molecular weight is 316 g/mol. The maximum Gasteiger partial charge on any atom is 0.244 e. The minimum Gasteiger partial charge on any atom is -0.307 e. The van der Waals surface area contributed by atoms with Gasteiger partial charge in [-0.3, -0.25) is 0 Å². The molecule has 112 valence electrons. The Labute approximate surface area is 123 Å². The van der Waals surface area contributed by atoms with E-state index in [1.165, 1.54) is 12.3 Å². The van der Waals surface area contributed by atoms with Gasteiger partial charge in [0.1, 0.15) is 4.90 Å². The number of anilines is 1. The molecule has 1 aromatic heterocycles. The fraction of sp³-hybridized carbons (Fsp3) is 0.583. The van der Waals surface area contributed by atoms with E-state index in [0.717, 1.165) is 25.7 Å². The molecule has 1 fully saturated rings. The lowest BCUT2D eigenvalue weighted by Gasteiger charge is -2.28. The van der Waals surface area contributed by atoms with E-state index in [2.05, 4.69) is 21.4 Å². The highest BCUT2D eigenvalue weighted by Crippen LogP contribution is 2.28. The van der Waals surface area contributed by atoms with E-state index >= 15 is 0 Å². The molecule has 0 radical (unpaired) electrons. The summed E-state index contributed by atoms with van der Waals surface area (Å²) in [5.74, 6) is 5.48. The highest BCUT2D eigenvalue weighted by Gasteiger charge is 2.27. The molecule has 8 heteroatoms. The van der Waals surface area contributed by atoms with Crippen molar-refractivity contribution in [2.45, 2.75) is 41.9 Å². The smallest absolute Gasteiger partial charge is 0.244 e. The number of hydrazine groups is 1. The first kappa shape index (κ1) is 15.6. The Morgan fingerprint density at radius 2 is 2.25 bits per heavy atom. The molecular formula is C12H20N4O2S2. The number of nitrogens with one attached hydrogen (secondary N) is 2. The van der Waals surface area contributed by atoms with Crippen LogP contribution in [0.2, 0.25) is 0 Å². The monoisotopic (exact) mass is 316 g/mol. The summed E-state index contributed by atoms with van der Waals surface area (Å²) in [4.78, 5) is 4.02. The number of nitrogen functional groups attached to an aromatic ring is 1. The summed E-state index contributed by atoms with van der Waals surface area (Å²) in [6.45, 7) is 0. The van der Waals surface area contributed by atoms with E-state index in [1.54, 1.807) is 17.8 Å². The van der Waals surface area contributed by atoms with Crippen molar-refractivity contribution >= 4 is 27.6 Å². The van der Waals surface area contributed by atoms with Crippen molar-refractivity contribution in [2.24, 2.45) is 5.84 Å². The van der Waals surface area contributed by atoms with Crippen molar-refractivity contribution in [1.82, 2.24) is 9.71 Å². The first-order valence-corrected chi connectivity index (χ1v) is 9.30. The van der Waals surface area contributed by atoms with Crippen LogP contribution in [0.1, 0.15) is 25.7 Å². The van der Waals surface area contributed by atoms with Gasteiger partial charge in [0.25, 0.3) is 0 Å². The predicted molar refractivity (Wildman–Crippen MR) is 81.9 cm³/mol. The number of pyridine rings is 1. The molecular weight excluding hydrogens is 296 g/mol. The molecule has 0 aromatic carbocycles. The van der Waals surface area contributed by atoms with Crippen molar-refractivity contribution in [2.75, 3.05) is 11.7 Å². The fourth-order valence-electron chi connectivity index (χ4n) is 2.46. The van der Waals surface area contributed by atoms with Crippen LogP contribution >= 0.6 is 11.8 Å². The largest absolute Gasteiger partial charge is 0.307 e. The van der Waals surface area contributed by atoms with Crippen LogP contribution < -0.4 is 16.0 Å². The average Bonchev–Trinajstić information content (AvgIpc) is 2.47. The Bertz CT molecular complexity index is 550. The number of rotatable bonds is 5. The Morgan fingerprint density at radius 1 is 1.45 bits per heavy atom. The number of thioether (sulfide) groups is 1. The molecule has 0 bridgehead atoms. The second kappa shape index (κ2) is 6.75. The zero-order valence-electron chi connectivity index (χ0n) is 11.4. The van der Waals surface area contributed by atoms with Crippen molar-refractivity contribution in [3.05, 3.63) is 18.3 Å². The second-order valence-corrected chi connectivity index (χ2v) is 7.66. The highest BCUT2D eigenvalue weighted by atomic mass is 32.2. The molecule has 2 unspecified atom stereocenters. The minimum absolute atomic E-state index is 0.0166. The normalized spacial score (nSPS) is 23.5. The molecule has 1 heterocycles. The highest BCUT2D eigenvalue weighted by molar-refractivity contribution is 7.99. The van der Waals surface area contributed by atoms with E-state index in [4.69, 9.17) is 5.84 Å². The van der Waals surface area contributed by atoms with Gasteiger partial charge < -0.3 is 5.43 Å². The number of nitrogens with two attached hydrogens (primary N) is 1. The van der Waals surface area contributed by atoms with E-state index in [-0.39, 0.29) is 16.8 Å². The Hall–Kier alpha value is -0.830. The second-order valence-electron chi connectivity index (χ2n) is 4.84. The quantitative estimate of drug-likeness (QED) is 0.560. The van der Waals surface area contributed by atoms with Crippen LogP contribution in [0.4, 0.5) is 5.82 Å². The van der Waals surface area contributed by atoms with Gasteiger partial charge in [-0.15, -0.1) is 0 Å². The molecule has 2 atom stereocenters. The van der Waals surface area contributed by atoms with Gasteiger partial charge in [0.05, 0.1) is 0 Å². The molecule has 1 aliphatic carbocycles. The molecule has 4 N–H and O–H groups in total. The Morgan fingerprint density at radius 3 is 2.95 bits per heavy atom. The van der Waals surface area contributed by atoms with Crippen LogP contribution in [-0.2, 0) is 10.0 Å². The minimum atomic E-state index is -3.60. The van der Waals surface area contributed by atoms with Crippen LogP contribution in [0.25, 0.3) is 0 Å². The first-order chi connectivity index (χ1) is 9.56. The van der Waals surface area contributed by atoms with Gasteiger partial charge in [-0.1, -0.05) is 6.42 Å². The van der Waals surface area contributed by atoms with Crippen LogP contribution in [-0.4, -0.2) is 30.9 Å². The van der Waals surface area contributed by atoms with Gasteiger partial charge in [0.15, 0.2) is 5.82 Å². The first-order valence-electron chi connectivity index (χ1n) is 6.53. The molecule has 6 nitrogen and oxygen atoms in total. The summed E-state index contributed by atoms with van der Waals surface area (Å²) in [6, 6.07) is 3.07. The Kier molecular flexibility index (Phi) is 5.25. The number of aromatic nitrogens is 1. The maximum atomic E-state index is 12.4. The SMILES string of the molecule is CSC1CCCC(NS(=O)(=O)c2cccnc2NN)C1. The summed E-state index contributed by atoms with van der Waals surface area (Å²) in [5.41, 5.74) is 2.32. The van der Waals surface area contributed by atoms with Crippen molar-refractivity contribution in [3.63, 3.8) is 0 Å². The van der Waals surface area contributed by atoms with Crippen LogP contribution in [0.3, 0.4) is 0 Å². The van der Waals surface area contributed by atoms with Crippen molar-refractivity contribution in [3.8, 4) is 0 Å². The van der Waals surface area contributed by atoms with Crippen molar-refractivity contribution in [1.29, 1.82) is 0 Å². The molecule has 0 aliphatic heterocycles. The predicted octanol–water partition coefficient (Wildman–Crippen LogP) is 1.32. The lowest BCUT2D eigenvalue weighted by molar-refractivity contribution is 0.421. The molecule has 0 amide bonds. The van der Waals surface area contributed by atoms with Gasteiger partial charge in [0.2, 0.25) is 10.0 Å². The van der Waals surface area contributed by atoms with E-state index in [1.807, 2.05) is 0 Å². The van der Waals surface area contributed by atoms with Gasteiger partial charge in [-0.2, -0.15) is 11.8 Å². The van der Waals surface area contributed by atoms with Crippen LogP contribution in [0.5, 0.6) is 0 Å². The lowest BCUT2D eigenvalue weighted by Crippen LogP contribution is -2.39. The summed E-state index contributed by atoms with van der Waals surface area (Å²) < 4.78 is 27.6. The van der Waals surface area contributed by atoms with Crippen molar-refractivity contribution < 1.29 is 8.42 Å². The molecule has 1 aromatic rings. The zero-order valence-corrected chi connectivity index (χ0v) is 13.0. The maximum absolute atomic E-state index is 12.4. The molecule has 2 rings (SSSR count). The lowest BCUT2D eigenvalue weighted by atomic mass is 9.96. The third-order valence-electron chi connectivity index (χ3n) is 3.48. The fourth-order valence-corrected chi connectivity index (χ4v) is 4.70. The number of hydrogen-bond acceptors (Lipinski definition) is 6. The van der Waals surface area contributed by atoms with Crippen LogP contribution in [0, 0.1) is 0 Å². The van der Waals surface area contributed by atoms with Gasteiger partial charge in [-0.05, 0) is 37.7 Å². The number of hydrogen-bond donors (Lipinski definition) is 3. The molecule has 1 aliphatic rings. The molecule has 0 spiro atoms. The summed E-state index contributed by atoms with van der Waals surface area (Å²) in [6.07, 6.45) is 7.52. The zero-order chi connectivity index (χ0) is 14.6. The van der Waals surface area contributed by atoms with E-state index < -0.39 is 10.0 Å². The third-order valence-corrected chi connectivity index (χ3v) is 6.13. The topological polar surface area (TPSA) is 97.1 Å². The van der Waals surface area contributed by atoms with Gasteiger partial charge >= 0.3 is 0 Å². The van der Waals surface area contributed by atoms with Gasteiger partial charge in [0, 0.05) is 17.5 Å². The molecule has 0 saturated heterocycles.